The SMILES string of the molecule is Clc1cccc(NC2CCSC2)c1Br. The van der Waals surface area contributed by atoms with Gasteiger partial charge in [0, 0.05) is 11.8 Å². The van der Waals surface area contributed by atoms with E-state index >= 15 is 0 Å². The van der Waals surface area contributed by atoms with E-state index in [9.17, 15) is 0 Å². The molecule has 0 spiro atoms. The lowest BCUT2D eigenvalue weighted by molar-refractivity contribution is 0.812. The van der Waals surface area contributed by atoms with E-state index in [1.807, 2.05) is 23.9 Å². The monoisotopic (exact) mass is 291 g/mol. The predicted molar refractivity (Wildman–Crippen MR) is 68.5 cm³/mol. The number of nitrogens with one attached hydrogen (secondary N) is 1. The lowest BCUT2D eigenvalue weighted by atomic mass is 10.2. The van der Waals surface area contributed by atoms with E-state index in [-0.39, 0.29) is 0 Å². The molecule has 76 valence electrons. The van der Waals surface area contributed by atoms with Gasteiger partial charge < -0.3 is 5.32 Å². The number of hydrogen-bond acceptors (Lipinski definition) is 2. The summed E-state index contributed by atoms with van der Waals surface area (Å²) in [4.78, 5) is 0. The van der Waals surface area contributed by atoms with Gasteiger partial charge in [-0.25, -0.2) is 0 Å². The largest absolute Gasteiger partial charge is 0.380 e. The minimum absolute atomic E-state index is 0.592. The van der Waals surface area contributed by atoms with Crippen LogP contribution < -0.4 is 5.32 Å². The van der Waals surface area contributed by atoms with Gasteiger partial charge in [-0.3, -0.25) is 0 Å². The Morgan fingerprint density at radius 2 is 2.36 bits per heavy atom. The molecule has 1 heterocycles. The number of halogens is 2. The average molecular weight is 293 g/mol. The van der Waals surface area contributed by atoms with Gasteiger partial charge in [0.05, 0.1) is 15.2 Å². The van der Waals surface area contributed by atoms with Gasteiger partial charge in [-0.1, -0.05) is 17.7 Å². The van der Waals surface area contributed by atoms with Crippen molar-refractivity contribution in [3.05, 3.63) is 27.7 Å². The van der Waals surface area contributed by atoms with Gasteiger partial charge in [0.2, 0.25) is 0 Å². The summed E-state index contributed by atoms with van der Waals surface area (Å²) in [6.45, 7) is 0. The fourth-order valence-corrected chi connectivity index (χ4v) is 3.19. The highest BCUT2D eigenvalue weighted by molar-refractivity contribution is 9.10. The normalized spacial score (nSPS) is 21.1. The summed E-state index contributed by atoms with van der Waals surface area (Å²) in [5.74, 6) is 2.45. The van der Waals surface area contributed by atoms with Crippen LogP contribution in [0.1, 0.15) is 6.42 Å². The van der Waals surface area contributed by atoms with Crippen molar-refractivity contribution in [3.63, 3.8) is 0 Å². The molecule has 1 atom stereocenters. The summed E-state index contributed by atoms with van der Waals surface area (Å²) in [5, 5.41) is 4.26. The standard InChI is InChI=1S/C10H11BrClNS/c11-10-8(12)2-1-3-9(10)13-7-4-5-14-6-7/h1-3,7,13H,4-6H2. The van der Waals surface area contributed by atoms with Crippen LogP contribution in [0.15, 0.2) is 22.7 Å². The zero-order valence-electron chi connectivity index (χ0n) is 7.59. The topological polar surface area (TPSA) is 12.0 Å². The highest BCUT2D eigenvalue weighted by Crippen LogP contribution is 2.32. The quantitative estimate of drug-likeness (QED) is 0.883. The molecule has 1 aliphatic heterocycles. The molecule has 1 fully saturated rings. The smallest absolute Gasteiger partial charge is 0.0593 e. The zero-order valence-corrected chi connectivity index (χ0v) is 10.8. The van der Waals surface area contributed by atoms with E-state index in [0.717, 1.165) is 15.2 Å². The molecule has 0 bridgehead atoms. The third-order valence-electron chi connectivity index (χ3n) is 2.24. The molecular weight excluding hydrogens is 282 g/mol. The highest BCUT2D eigenvalue weighted by Gasteiger charge is 2.16. The maximum absolute atomic E-state index is 6.01. The molecule has 0 saturated carbocycles. The molecule has 1 N–H and O–H groups in total. The predicted octanol–water partition coefficient (Wildman–Crippen LogP) is 4.02. The summed E-state index contributed by atoms with van der Waals surface area (Å²) in [7, 11) is 0. The van der Waals surface area contributed by atoms with E-state index in [4.69, 9.17) is 11.6 Å². The second kappa shape index (κ2) is 4.77. The van der Waals surface area contributed by atoms with Crippen LogP contribution in [0.2, 0.25) is 5.02 Å². The number of thioether (sulfide) groups is 1. The first-order valence-corrected chi connectivity index (χ1v) is 6.88. The van der Waals surface area contributed by atoms with E-state index in [0.29, 0.717) is 6.04 Å². The van der Waals surface area contributed by atoms with Gasteiger partial charge in [-0.05, 0) is 40.2 Å². The summed E-state index contributed by atoms with van der Waals surface area (Å²) in [6, 6.07) is 6.51. The minimum atomic E-state index is 0.592. The Morgan fingerprint density at radius 3 is 3.07 bits per heavy atom. The van der Waals surface area contributed by atoms with Crippen LogP contribution in [0.25, 0.3) is 0 Å². The molecule has 1 unspecified atom stereocenters. The molecule has 4 heteroatoms. The molecule has 2 rings (SSSR count). The first-order valence-electron chi connectivity index (χ1n) is 4.55. The van der Waals surface area contributed by atoms with Gasteiger partial charge in [-0.15, -0.1) is 0 Å². The Morgan fingerprint density at radius 1 is 1.50 bits per heavy atom. The molecule has 0 aromatic heterocycles. The van der Waals surface area contributed by atoms with Crippen LogP contribution in [0.5, 0.6) is 0 Å². The number of hydrogen-bond donors (Lipinski definition) is 1. The fraction of sp³-hybridized carbons (Fsp3) is 0.400. The average Bonchev–Trinajstić information content (AvgIpc) is 2.66. The van der Waals surface area contributed by atoms with E-state index in [1.165, 1.54) is 17.9 Å². The van der Waals surface area contributed by atoms with Crippen LogP contribution in [-0.4, -0.2) is 17.5 Å². The molecule has 14 heavy (non-hydrogen) atoms. The zero-order chi connectivity index (χ0) is 9.97. The molecule has 1 nitrogen and oxygen atoms in total. The Hall–Kier alpha value is 0.140. The summed E-state index contributed by atoms with van der Waals surface area (Å²) in [5.41, 5.74) is 1.10. The summed E-state index contributed by atoms with van der Waals surface area (Å²) >= 11 is 11.5. The van der Waals surface area contributed by atoms with Gasteiger partial charge in [0.1, 0.15) is 0 Å². The van der Waals surface area contributed by atoms with Crippen LogP contribution >= 0.6 is 39.3 Å². The molecule has 0 amide bonds. The maximum Gasteiger partial charge on any atom is 0.0593 e. The Balaban J connectivity index is 2.11. The third kappa shape index (κ3) is 2.38. The van der Waals surface area contributed by atoms with Crippen molar-refractivity contribution in [2.75, 3.05) is 16.8 Å². The van der Waals surface area contributed by atoms with Gasteiger partial charge in [-0.2, -0.15) is 11.8 Å². The Labute approximate surface area is 102 Å². The van der Waals surface area contributed by atoms with Crippen molar-refractivity contribution in [2.45, 2.75) is 12.5 Å². The minimum Gasteiger partial charge on any atom is -0.380 e. The molecule has 1 saturated heterocycles. The Bertz CT molecular complexity index is 326. The van der Waals surface area contributed by atoms with Gasteiger partial charge in [0.25, 0.3) is 0 Å². The van der Waals surface area contributed by atoms with E-state index in [2.05, 4.69) is 27.3 Å². The number of anilines is 1. The van der Waals surface area contributed by atoms with Crippen LogP contribution in [0.4, 0.5) is 5.69 Å². The second-order valence-electron chi connectivity index (χ2n) is 3.31. The molecule has 1 aromatic rings. The summed E-state index contributed by atoms with van der Waals surface area (Å²) < 4.78 is 0.971. The van der Waals surface area contributed by atoms with Crippen LogP contribution in [0, 0.1) is 0 Å². The van der Waals surface area contributed by atoms with Gasteiger partial charge in [0.15, 0.2) is 0 Å². The first kappa shape index (κ1) is 10.7. The van der Waals surface area contributed by atoms with Gasteiger partial charge >= 0.3 is 0 Å². The second-order valence-corrected chi connectivity index (χ2v) is 5.66. The molecule has 1 aliphatic rings. The molecule has 0 radical (unpaired) electrons. The number of rotatable bonds is 2. The fourth-order valence-electron chi connectivity index (χ4n) is 1.48. The van der Waals surface area contributed by atoms with Crippen molar-refractivity contribution in [1.82, 2.24) is 0 Å². The van der Waals surface area contributed by atoms with E-state index in [1.54, 1.807) is 0 Å². The van der Waals surface area contributed by atoms with Crippen molar-refractivity contribution >= 4 is 45.0 Å². The van der Waals surface area contributed by atoms with Crippen LogP contribution in [0.3, 0.4) is 0 Å². The summed E-state index contributed by atoms with van der Waals surface area (Å²) in [6.07, 6.45) is 1.24. The van der Waals surface area contributed by atoms with Crippen molar-refractivity contribution in [3.8, 4) is 0 Å². The third-order valence-corrected chi connectivity index (χ3v) is 4.80. The number of benzene rings is 1. The lowest BCUT2D eigenvalue weighted by Gasteiger charge is -2.14. The maximum atomic E-state index is 6.01. The van der Waals surface area contributed by atoms with Crippen molar-refractivity contribution in [2.24, 2.45) is 0 Å². The molecule has 1 aromatic carbocycles. The van der Waals surface area contributed by atoms with Crippen molar-refractivity contribution in [1.29, 1.82) is 0 Å². The van der Waals surface area contributed by atoms with E-state index < -0.39 is 0 Å². The highest BCUT2D eigenvalue weighted by atomic mass is 79.9. The Kier molecular flexibility index (Phi) is 3.63. The van der Waals surface area contributed by atoms with Crippen LogP contribution in [-0.2, 0) is 0 Å². The lowest BCUT2D eigenvalue weighted by Crippen LogP contribution is -2.18. The van der Waals surface area contributed by atoms with Crippen molar-refractivity contribution < 1.29 is 0 Å². The molecular formula is C10H11BrClNS. The first-order chi connectivity index (χ1) is 6.77. The molecule has 0 aliphatic carbocycles.